The van der Waals surface area contributed by atoms with Crippen molar-refractivity contribution in [1.82, 2.24) is 5.32 Å². The van der Waals surface area contributed by atoms with Crippen LogP contribution in [0.1, 0.15) is 65.6 Å². The molecule has 21 heavy (non-hydrogen) atoms. The molecular weight excluding hydrogens is 258 g/mol. The number of hydrogen-bond acceptors (Lipinski definition) is 2. The van der Waals surface area contributed by atoms with Gasteiger partial charge in [-0.3, -0.25) is 0 Å². The smallest absolute Gasteiger partial charge is 0.0769 e. The van der Waals surface area contributed by atoms with Crippen molar-refractivity contribution >= 4 is 0 Å². The molecule has 1 saturated heterocycles. The molecule has 1 N–H and O–H groups in total. The number of likely N-dealkylation sites (N-methyl/N-ethyl adjacent to an activating group) is 1. The van der Waals surface area contributed by atoms with Crippen molar-refractivity contribution in [3.63, 3.8) is 0 Å². The van der Waals surface area contributed by atoms with Crippen molar-refractivity contribution in [1.29, 1.82) is 0 Å². The first kappa shape index (κ1) is 16.5. The maximum absolute atomic E-state index is 6.10. The molecule has 1 aliphatic rings. The number of nitrogens with one attached hydrogen (secondary N) is 1. The Morgan fingerprint density at radius 2 is 1.52 bits per heavy atom. The first-order chi connectivity index (χ1) is 9.99. The molecule has 2 atom stereocenters. The Bertz CT molecular complexity index is 472. The zero-order valence-corrected chi connectivity index (χ0v) is 14.6. The second-order valence-electron chi connectivity index (χ2n) is 6.48. The van der Waals surface area contributed by atoms with E-state index in [2.05, 4.69) is 46.9 Å². The van der Waals surface area contributed by atoms with E-state index in [4.69, 9.17) is 4.74 Å². The average Bonchev–Trinajstić information content (AvgIpc) is 2.51. The van der Waals surface area contributed by atoms with Crippen molar-refractivity contribution in [2.75, 3.05) is 13.2 Å². The molecule has 0 aliphatic carbocycles. The normalized spacial score (nSPS) is 20.6. The topological polar surface area (TPSA) is 21.3 Å². The van der Waals surface area contributed by atoms with E-state index >= 15 is 0 Å². The summed E-state index contributed by atoms with van der Waals surface area (Å²) in [6, 6.07) is 0.327. The SMILES string of the molecule is CCNC(c1c(C)c(C)c(C)c(C)c1C)C1CCCCO1. The van der Waals surface area contributed by atoms with Crippen LogP contribution in [-0.2, 0) is 4.74 Å². The van der Waals surface area contributed by atoms with Crippen LogP contribution in [0.2, 0.25) is 0 Å². The standard InChI is InChI=1S/C19H31NO/c1-7-20-19(17-10-8-9-11-21-17)18-15(5)13(3)12(2)14(4)16(18)6/h17,19-20H,7-11H2,1-6H3. The molecular formula is C19H31NO. The zero-order chi connectivity index (χ0) is 15.6. The largest absolute Gasteiger partial charge is 0.376 e. The molecule has 1 aliphatic heterocycles. The Balaban J connectivity index is 2.49. The highest BCUT2D eigenvalue weighted by Crippen LogP contribution is 2.35. The Morgan fingerprint density at radius 3 is 2.00 bits per heavy atom. The second kappa shape index (κ2) is 6.93. The summed E-state index contributed by atoms with van der Waals surface area (Å²) in [6.45, 7) is 15.4. The monoisotopic (exact) mass is 289 g/mol. The average molecular weight is 289 g/mol. The lowest BCUT2D eigenvalue weighted by atomic mass is 9.83. The first-order valence-corrected chi connectivity index (χ1v) is 8.40. The van der Waals surface area contributed by atoms with Crippen LogP contribution in [0, 0.1) is 34.6 Å². The predicted octanol–water partition coefficient (Wildman–Crippen LogP) is 4.45. The van der Waals surface area contributed by atoms with E-state index in [-0.39, 0.29) is 0 Å². The first-order valence-electron chi connectivity index (χ1n) is 8.40. The van der Waals surface area contributed by atoms with E-state index in [0.29, 0.717) is 12.1 Å². The van der Waals surface area contributed by atoms with Crippen LogP contribution in [0.3, 0.4) is 0 Å². The van der Waals surface area contributed by atoms with Gasteiger partial charge in [0, 0.05) is 6.61 Å². The fourth-order valence-electron chi connectivity index (χ4n) is 3.66. The lowest BCUT2D eigenvalue weighted by molar-refractivity contribution is -0.00814. The van der Waals surface area contributed by atoms with Gasteiger partial charge in [0.05, 0.1) is 12.1 Å². The molecule has 0 spiro atoms. The summed E-state index contributed by atoms with van der Waals surface area (Å²) < 4.78 is 6.10. The van der Waals surface area contributed by atoms with Crippen molar-refractivity contribution in [3.8, 4) is 0 Å². The van der Waals surface area contributed by atoms with E-state index in [1.54, 1.807) is 0 Å². The Hall–Kier alpha value is -0.860. The van der Waals surface area contributed by atoms with Gasteiger partial charge >= 0.3 is 0 Å². The van der Waals surface area contributed by atoms with Gasteiger partial charge in [0.15, 0.2) is 0 Å². The van der Waals surface area contributed by atoms with Crippen molar-refractivity contribution in [3.05, 3.63) is 33.4 Å². The molecule has 1 aromatic rings. The minimum absolute atomic E-state index is 0.317. The van der Waals surface area contributed by atoms with Gasteiger partial charge < -0.3 is 10.1 Å². The van der Waals surface area contributed by atoms with Crippen molar-refractivity contribution in [2.24, 2.45) is 0 Å². The van der Waals surface area contributed by atoms with Crippen LogP contribution < -0.4 is 5.32 Å². The molecule has 0 amide bonds. The molecule has 118 valence electrons. The molecule has 2 unspecified atom stereocenters. The van der Waals surface area contributed by atoms with E-state index < -0.39 is 0 Å². The fourth-order valence-corrected chi connectivity index (χ4v) is 3.66. The summed E-state index contributed by atoms with van der Waals surface area (Å²) in [4.78, 5) is 0. The number of benzene rings is 1. The molecule has 0 aromatic heterocycles. The Labute approximate surface area is 130 Å². The summed E-state index contributed by atoms with van der Waals surface area (Å²) in [5.41, 5.74) is 8.67. The van der Waals surface area contributed by atoms with Crippen molar-refractivity contribution in [2.45, 2.75) is 73.0 Å². The van der Waals surface area contributed by atoms with Gasteiger partial charge in [0.2, 0.25) is 0 Å². The van der Waals surface area contributed by atoms with Gasteiger partial charge in [-0.2, -0.15) is 0 Å². The third-order valence-electron chi connectivity index (χ3n) is 5.38. The molecule has 0 radical (unpaired) electrons. The van der Waals surface area contributed by atoms with Crippen LogP contribution in [0.25, 0.3) is 0 Å². The molecule has 1 aromatic carbocycles. The molecule has 2 heteroatoms. The second-order valence-corrected chi connectivity index (χ2v) is 6.48. The highest BCUT2D eigenvalue weighted by Gasteiger charge is 2.29. The third kappa shape index (κ3) is 3.17. The number of ether oxygens (including phenoxy) is 1. The summed E-state index contributed by atoms with van der Waals surface area (Å²) >= 11 is 0. The zero-order valence-electron chi connectivity index (χ0n) is 14.6. The summed E-state index contributed by atoms with van der Waals surface area (Å²) in [5, 5.41) is 3.70. The van der Waals surface area contributed by atoms with Gasteiger partial charge in [-0.25, -0.2) is 0 Å². The van der Waals surface area contributed by atoms with Crippen LogP contribution in [0.15, 0.2) is 0 Å². The lowest BCUT2D eigenvalue weighted by Gasteiger charge is -2.34. The van der Waals surface area contributed by atoms with E-state index in [0.717, 1.165) is 13.2 Å². The maximum atomic E-state index is 6.10. The molecule has 0 bridgehead atoms. The predicted molar refractivity (Wildman–Crippen MR) is 90.1 cm³/mol. The molecule has 2 rings (SSSR count). The quantitative estimate of drug-likeness (QED) is 0.884. The van der Waals surface area contributed by atoms with Crippen LogP contribution in [0.5, 0.6) is 0 Å². The van der Waals surface area contributed by atoms with Gasteiger partial charge in [-0.15, -0.1) is 0 Å². The minimum atomic E-state index is 0.317. The Kier molecular flexibility index (Phi) is 5.45. The lowest BCUT2D eigenvalue weighted by Crippen LogP contribution is -2.37. The summed E-state index contributed by atoms with van der Waals surface area (Å²) in [6.07, 6.45) is 3.98. The molecule has 1 heterocycles. The van der Waals surface area contributed by atoms with Gasteiger partial charge in [0.1, 0.15) is 0 Å². The van der Waals surface area contributed by atoms with Gasteiger partial charge in [-0.1, -0.05) is 6.92 Å². The van der Waals surface area contributed by atoms with E-state index in [9.17, 15) is 0 Å². The number of hydrogen-bond donors (Lipinski definition) is 1. The number of rotatable bonds is 4. The van der Waals surface area contributed by atoms with Crippen molar-refractivity contribution < 1.29 is 4.74 Å². The minimum Gasteiger partial charge on any atom is -0.376 e. The molecule has 1 fully saturated rings. The summed E-state index contributed by atoms with van der Waals surface area (Å²) in [5.74, 6) is 0. The highest BCUT2D eigenvalue weighted by molar-refractivity contribution is 5.51. The van der Waals surface area contributed by atoms with E-state index in [1.807, 2.05) is 0 Å². The Morgan fingerprint density at radius 1 is 0.952 bits per heavy atom. The van der Waals surface area contributed by atoms with Crippen LogP contribution >= 0.6 is 0 Å². The van der Waals surface area contributed by atoms with Gasteiger partial charge in [-0.05, 0) is 93.8 Å². The molecule has 2 nitrogen and oxygen atoms in total. The highest BCUT2D eigenvalue weighted by atomic mass is 16.5. The fraction of sp³-hybridized carbons (Fsp3) is 0.684. The van der Waals surface area contributed by atoms with Crippen LogP contribution in [-0.4, -0.2) is 19.3 Å². The van der Waals surface area contributed by atoms with Gasteiger partial charge in [0.25, 0.3) is 0 Å². The summed E-state index contributed by atoms with van der Waals surface area (Å²) in [7, 11) is 0. The van der Waals surface area contributed by atoms with E-state index in [1.165, 1.54) is 52.6 Å². The molecule has 0 saturated carbocycles. The maximum Gasteiger partial charge on any atom is 0.0769 e. The third-order valence-corrected chi connectivity index (χ3v) is 5.38. The van der Waals surface area contributed by atoms with Crippen LogP contribution in [0.4, 0.5) is 0 Å².